The molecule has 2 aromatic rings. The fourth-order valence-electron chi connectivity index (χ4n) is 1.72. The van der Waals surface area contributed by atoms with E-state index in [1.54, 1.807) is 12.1 Å². The summed E-state index contributed by atoms with van der Waals surface area (Å²) in [5, 5.41) is 9.91. The van der Waals surface area contributed by atoms with Gasteiger partial charge in [0, 0.05) is 22.9 Å². The van der Waals surface area contributed by atoms with Crippen molar-refractivity contribution in [3.63, 3.8) is 0 Å². The first-order chi connectivity index (χ1) is 9.02. The van der Waals surface area contributed by atoms with Crippen LogP contribution in [0.2, 0.25) is 15.1 Å². The summed E-state index contributed by atoms with van der Waals surface area (Å²) in [6, 6.07) is 8.11. The van der Waals surface area contributed by atoms with Gasteiger partial charge in [0.05, 0.1) is 27.6 Å². The number of aromatic amines is 1. The summed E-state index contributed by atoms with van der Waals surface area (Å²) >= 11 is 18.0. The highest BCUT2D eigenvalue weighted by atomic mass is 35.5. The molecular weight excluding hydrogens is 307 g/mol. The molecule has 19 heavy (non-hydrogen) atoms. The predicted molar refractivity (Wildman–Crippen MR) is 76.8 cm³/mol. The van der Waals surface area contributed by atoms with E-state index in [1.165, 1.54) is 12.1 Å². The minimum Gasteiger partial charge on any atom is -0.325 e. The van der Waals surface area contributed by atoms with E-state index in [-0.39, 0.29) is 12.0 Å². The molecule has 0 aliphatic rings. The molecule has 96 valence electrons. The first-order valence-electron chi connectivity index (χ1n) is 5.27. The van der Waals surface area contributed by atoms with Crippen LogP contribution in [0.4, 0.5) is 0 Å². The van der Waals surface area contributed by atoms with E-state index in [0.717, 1.165) is 0 Å². The van der Waals surface area contributed by atoms with Crippen molar-refractivity contribution in [1.29, 1.82) is 5.26 Å². The second-order valence-corrected chi connectivity index (χ2v) is 5.02. The van der Waals surface area contributed by atoms with Gasteiger partial charge in [0.2, 0.25) is 5.56 Å². The van der Waals surface area contributed by atoms with Crippen LogP contribution >= 0.6 is 34.8 Å². The number of nitrogens with one attached hydrogen (secondary N) is 1. The third-order valence-corrected chi connectivity index (χ3v) is 3.59. The summed E-state index contributed by atoms with van der Waals surface area (Å²) in [5.41, 5.74) is 1.50. The lowest BCUT2D eigenvalue weighted by Gasteiger charge is -2.10. The Bertz CT molecular complexity index is 732. The summed E-state index contributed by atoms with van der Waals surface area (Å²) in [6.07, 6.45) is 0.0714. The molecule has 0 spiro atoms. The van der Waals surface area contributed by atoms with Crippen molar-refractivity contribution < 1.29 is 0 Å². The number of pyridine rings is 1. The van der Waals surface area contributed by atoms with Gasteiger partial charge in [0.1, 0.15) is 0 Å². The Balaban J connectivity index is 2.69. The number of rotatable bonds is 2. The normalized spacial score (nSPS) is 10.2. The molecule has 1 aromatic carbocycles. The second-order valence-electron chi connectivity index (χ2n) is 3.80. The van der Waals surface area contributed by atoms with Gasteiger partial charge >= 0.3 is 0 Å². The summed E-state index contributed by atoms with van der Waals surface area (Å²) in [5.74, 6) is 0. The molecule has 0 bridgehead atoms. The van der Waals surface area contributed by atoms with Crippen molar-refractivity contribution in [2.75, 3.05) is 0 Å². The zero-order valence-electron chi connectivity index (χ0n) is 9.51. The van der Waals surface area contributed by atoms with E-state index in [2.05, 4.69) is 4.98 Å². The molecule has 0 aliphatic carbocycles. The van der Waals surface area contributed by atoms with E-state index in [0.29, 0.717) is 31.9 Å². The summed E-state index contributed by atoms with van der Waals surface area (Å²) < 4.78 is 0. The van der Waals surface area contributed by atoms with Crippen molar-refractivity contribution in [3.8, 4) is 17.2 Å². The van der Waals surface area contributed by atoms with Crippen LogP contribution in [0.3, 0.4) is 0 Å². The van der Waals surface area contributed by atoms with Crippen molar-refractivity contribution >= 4 is 34.8 Å². The number of nitrogens with zero attached hydrogens (tertiary/aromatic N) is 1. The van der Waals surface area contributed by atoms with Crippen LogP contribution < -0.4 is 5.56 Å². The van der Waals surface area contributed by atoms with Crippen LogP contribution in [0.1, 0.15) is 5.69 Å². The summed E-state index contributed by atoms with van der Waals surface area (Å²) in [6.45, 7) is 0. The topological polar surface area (TPSA) is 56.6 Å². The lowest BCUT2D eigenvalue weighted by molar-refractivity contribution is 1.08. The van der Waals surface area contributed by atoms with E-state index in [1.807, 2.05) is 6.07 Å². The molecule has 0 saturated heterocycles. The maximum absolute atomic E-state index is 11.3. The molecule has 1 aromatic heterocycles. The van der Waals surface area contributed by atoms with Gasteiger partial charge in [-0.3, -0.25) is 4.79 Å². The van der Waals surface area contributed by atoms with Crippen LogP contribution in [0, 0.1) is 11.3 Å². The Labute approximate surface area is 124 Å². The van der Waals surface area contributed by atoms with Crippen molar-refractivity contribution in [1.82, 2.24) is 4.98 Å². The fourth-order valence-corrected chi connectivity index (χ4v) is 2.37. The Morgan fingerprint density at radius 3 is 2.42 bits per heavy atom. The van der Waals surface area contributed by atoms with Gasteiger partial charge in [-0.2, -0.15) is 5.26 Å². The lowest BCUT2D eigenvalue weighted by Crippen LogP contribution is -2.08. The lowest BCUT2D eigenvalue weighted by atomic mass is 10.0. The second kappa shape index (κ2) is 5.66. The number of H-pyrrole nitrogens is 1. The third kappa shape index (κ3) is 2.93. The van der Waals surface area contributed by atoms with Crippen LogP contribution in [0.5, 0.6) is 0 Å². The average molecular weight is 314 g/mol. The first-order valence-corrected chi connectivity index (χ1v) is 6.40. The smallest absolute Gasteiger partial charge is 0.248 e. The molecule has 0 fully saturated rings. The summed E-state index contributed by atoms with van der Waals surface area (Å²) in [7, 11) is 0. The third-order valence-electron chi connectivity index (χ3n) is 2.56. The molecule has 0 aliphatic heterocycles. The molecule has 0 amide bonds. The molecule has 3 nitrogen and oxygen atoms in total. The number of aromatic nitrogens is 1. The number of nitriles is 1. The molecule has 0 saturated carbocycles. The van der Waals surface area contributed by atoms with Gasteiger partial charge in [0.15, 0.2) is 0 Å². The molecule has 2 rings (SSSR count). The minimum atomic E-state index is -0.273. The van der Waals surface area contributed by atoms with E-state index >= 15 is 0 Å². The monoisotopic (exact) mass is 312 g/mol. The molecule has 0 radical (unpaired) electrons. The summed E-state index contributed by atoms with van der Waals surface area (Å²) in [4.78, 5) is 13.9. The van der Waals surface area contributed by atoms with Crippen LogP contribution in [0.25, 0.3) is 11.1 Å². The number of hydrogen-bond acceptors (Lipinski definition) is 2. The highest BCUT2D eigenvalue weighted by Crippen LogP contribution is 2.36. The molecule has 1 heterocycles. The van der Waals surface area contributed by atoms with Crippen molar-refractivity contribution in [3.05, 3.63) is 55.4 Å². The molecule has 0 atom stereocenters. The number of hydrogen-bond donors (Lipinski definition) is 1. The minimum absolute atomic E-state index is 0.0714. The first kappa shape index (κ1) is 14.0. The zero-order chi connectivity index (χ0) is 14.0. The quantitative estimate of drug-likeness (QED) is 0.850. The Kier molecular flexibility index (Phi) is 4.16. The van der Waals surface area contributed by atoms with Gasteiger partial charge in [-0.05, 0) is 18.2 Å². The molecule has 6 heteroatoms. The molecule has 0 unspecified atom stereocenters. The van der Waals surface area contributed by atoms with Gasteiger partial charge in [-0.25, -0.2) is 0 Å². The van der Waals surface area contributed by atoms with Gasteiger partial charge in [-0.1, -0.05) is 34.8 Å². The van der Waals surface area contributed by atoms with Crippen LogP contribution in [0.15, 0.2) is 29.1 Å². The highest BCUT2D eigenvalue weighted by Gasteiger charge is 2.12. The van der Waals surface area contributed by atoms with Crippen molar-refractivity contribution in [2.24, 2.45) is 0 Å². The van der Waals surface area contributed by atoms with E-state index in [4.69, 9.17) is 40.1 Å². The Morgan fingerprint density at radius 2 is 1.74 bits per heavy atom. The van der Waals surface area contributed by atoms with Gasteiger partial charge in [0.25, 0.3) is 0 Å². The van der Waals surface area contributed by atoms with Crippen LogP contribution in [-0.2, 0) is 6.42 Å². The zero-order valence-corrected chi connectivity index (χ0v) is 11.8. The highest BCUT2D eigenvalue weighted by molar-refractivity contribution is 6.44. The Morgan fingerprint density at radius 1 is 1.05 bits per heavy atom. The van der Waals surface area contributed by atoms with Gasteiger partial charge in [-0.15, -0.1) is 0 Å². The van der Waals surface area contributed by atoms with Crippen molar-refractivity contribution in [2.45, 2.75) is 6.42 Å². The fraction of sp³-hybridized carbons (Fsp3) is 0.0769. The SMILES string of the molecule is N#CCc1[nH]c(=O)ccc1-c1cc(Cl)c(Cl)cc1Cl. The number of halogens is 3. The molecule has 1 N–H and O–H groups in total. The maximum Gasteiger partial charge on any atom is 0.248 e. The van der Waals surface area contributed by atoms with E-state index < -0.39 is 0 Å². The largest absolute Gasteiger partial charge is 0.325 e. The average Bonchev–Trinajstić information content (AvgIpc) is 2.35. The maximum atomic E-state index is 11.3. The Hall–Kier alpha value is -1.47. The predicted octanol–water partition coefficient (Wildman–Crippen LogP) is 4.07. The standard InChI is InChI=1S/C13H7Cl3N2O/c14-9-6-11(16)10(15)5-8(9)7-1-2-13(19)18-12(7)3-4-17/h1-2,5-6H,3H2,(H,18,19). The van der Waals surface area contributed by atoms with Gasteiger partial charge < -0.3 is 4.98 Å². The van der Waals surface area contributed by atoms with Crippen LogP contribution in [-0.4, -0.2) is 4.98 Å². The van der Waals surface area contributed by atoms with E-state index in [9.17, 15) is 4.79 Å². The number of benzene rings is 1. The molecular formula is C13H7Cl3N2O.